The number of aliphatic carboxylic acids is 1. The number of carboxylic acid groups (broad SMARTS) is 1. The molecule has 3 aliphatic rings. The third-order valence-corrected chi connectivity index (χ3v) is 6.62. The van der Waals surface area contributed by atoms with Crippen molar-refractivity contribution < 1.29 is 34.0 Å². The smallest absolute Gasteiger partial charge is 0.328 e. The van der Waals surface area contributed by atoms with E-state index in [1.54, 1.807) is 43.6 Å². The third-order valence-electron chi connectivity index (χ3n) is 6.62. The molecule has 1 saturated carbocycles. The van der Waals surface area contributed by atoms with Crippen LogP contribution < -0.4 is 0 Å². The van der Waals surface area contributed by atoms with Crippen molar-refractivity contribution in [2.75, 3.05) is 13.7 Å². The number of carbonyl (C=O) groups is 1. The zero-order valence-electron chi connectivity index (χ0n) is 19.8. The van der Waals surface area contributed by atoms with Crippen LogP contribution in [0.2, 0.25) is 0 Å². The Bertz CT molecular complexity index is 832. The lowest BCUT2D eigenvalue weighted by molar-refractivity contribution is -0.189. The second kappa shape index (κ2) is 10.9. The third kappa shape index (κ3) is 6.52. The Morgan fingerprint density at radius 2 is 1.85 bits per heavy atom. The summed E-state index contributed by atoms with van der Waals surface area (Å²) in [5.41, 5.74) is 0.713. The van der Waals surface area contributed by atoms with Crippen molar-refractivity contribution in [2.24, 2.45) is 5.92 Å². The fourth-order valence-electron chi connectivity index (χ4n) is 4.87. The summed E-state index contributed by atoms with van der Waals surface area (Å²) in [5, 5.41) is 18.9. The average Bonchev–Trinajstić information content (AvgIpc) is 3.67. The van der Waals surface area contributed by atoms with E-state index in [9.17, 15) is 9.90 Å². The molecule has 2 saturated heterocycles. The summed E-state index contributed by atoms with van der Waals surface area (Å²) in [5.74, 6) is -0.961. The average molecular weight is 461 g/mol. The van der Waals surface area contributed by atoms with Gasteiger partial charge in [-0.1, -0.05) is 48.1 Å². The molecule has 0 radical (unpaired) electrons. The van der Waals surface area contributed by atoms with Gasteiger partial charge in [-0.15, -0.1) is 0 Å². The van der Waals surface area contributed by atoms with E-state index < -0.39 is 12.3 Å². The van der Waals surface area contributed by atoms with Gasteiger partial charge in [0, 0.05) is 13.2 Å². The number of hydrogen-bond acceptors (Lipinski definition) is 6. The van der Waals surface area contributed by atoms with Crippen molar-refractivity contribution in [3.8, 4) is 0 Å². The molecular weight excluding hydrogens is 424 g/mol. The Hall–Kier alpha value is -2.03. The molecule has 7 heteroatoms. The highest BCUT2D eigenvalue weighted by Gasteiger charge is 2.72. The molecule has 3 fully saturated rings. The second-order valence-corrected chi connectivity index (χ2v) is 9.29. The Balaban J connectivity index is 1.59. The monoisotopic (exact) mass is 460 g/mol. The first kappa shape index (κ1) is 25.6. The van der Waals surface area contributed by atoms with Crippen molar-refractivity contribution in [1.82, 2.24) is 0 Å². The molecule has 0 bridgehead atoms. The normalized spacial score (nSPS) is 36.9. The number of methoxy groups -OCH3 is 1. The van der Waals surface area contributed by atoms with Crippen molar-refractivity contribution >= 4 is 5.97 Å². The van der Waals surface area contributed by atoms with Crippen molar-refractivity contribution in [3.05, 3.63) is 60.3 Å². The minimum Gasteiger partial charge on any atom is -0.478 e. The number of hydrogen-bond donors (Lipinski definition) is 2. The first-order chi connectivity index (χ1) is 15.7. The van der Waals surface area contributed by atoms with E-state index in [0.717, 1.165) is 25.3 Å². The Morgan fingerprint density at radius 3 is 2.45 bits per heavy atom. The molecule has 0 aromatic rings. The highest BCUT2D eigenvalue weighted by Crippen LogP contribution is 2.59. The molecule has 182 valence electrons. The van der Waals surface area contributed by atoms with Crippen LogP contribution in [0, 0.1) is 5.92 Å². The van der Waals surface area contributed by atoms with Gasteiger partial charge in [-0.05, 0) is 46.1 Å². The van der Waals surface area contributed by atoms with E-state index in [0.29, 0.717) is 6.61 Å². The standard InChI is InChI=1S/C26H36O7/c1-18(2)13-14-20-25(3,33-20)24-23(30-4)19(15-16-26(24)17-31-26)32-22(29)12-10-8-6-5-7-9-11-21(27)28/h5-13,19-20,22-24,29H,14-17H2,1-4H3,(H,27,28)/b7-5+,8-6+,11-9+,12-10+/t19-,20-,22?,23-,24-,25+,26+/m1/s1. The number of aliphatic hydroxyl groups is 1. The molecule has 33 heavy (non-hydrogen) atoms. The van der Waals surface area contributed by atoms with Crippen LogP contribution in [0.4, 0.5) is 0 Å². The van der Waals surface area contributed by atoms with Crippen LogP contribution in [0.3, 0.4) is 0 Å². The summed E-state index contributed by atoms with van der Waals surface area (Å²) in [6.45, 7) is 7.02. The summed E-state index contributed by atoms with van der Waals surface area (Å²) in [6.07, 6.45) is 15.7. The van der Waals surface area contributed by atoms with Gasteiger partial charge >= 0.3 is 5.97 Å². The van der Waals surface area contributed by atoms with Crippen molar-refractivity contribution in [3.63, 3.8) is 0 Å². The lowest BCUT2D eigenvalue weighted by Crippen LogP contribution is -2.55. The molecule has 0 amide bonds. The zero-order valence-corrected chi connectivity index (χ0v) is 19.8. The van der Waals surface area contributed by atoms with E-state index >= 15 is 0 Å². The summed E-state index contributed by atoms with van der Waals surface area (Å²) < 4.78 is 24.0. The molecule has 1 spiro atoms. The van der Waals surface area contributed by atoms with Gasteiger partial charge in [-0.3, -0.25) is 0 Å². The molecule has 7 atom stereocenters. The Labute approximate surface area is 196 Å². The van der Waals surface area contributed by atoms with Crippen LogP contribution in [0.1, 0.15) is 40.0 Å². The fourth-order valence-corrected chi connectivity index (χ4v) is 4.87. The summed E-state index contributed by atoms with van der Waals surface area (Å²) in [7, 11) is 1.68. The van der Waals surface area contributed by atoms with Gasteiger partial charge in [0.2, 0.25) is 0 Å². The number of allylic oxidation sites excluding steroid dienone is 7. The van der Waals surface area contributed by atoms with Gasteiger partial charge in [-0.2, -0.15) is 0 Å². The lowest BCUT2D eigenvalue weighted by atomic mass is 9.68. The number of ether oxygens (including phenoxy) is 4. The maximum Gasteiger partial charge on any atom is 0.328 e. The summed E-state index contributed by atoms with van der Waals surface area (Å²) in [4.78, 5) is 10.4. The van der Waals surface area contributed by atoms with E-state index in [2.05, 4.69) is 26.8 Å². The van der Waals surface area contributed by atoms with Gasteiger partial charge < -0.3 is 29.2 Å². The molecule has 3 rings (SSSR count). The van der Waals surface area contributed by atoms with Crippen molar-refractivity contribution in [1.29, 1.82) is 0 Å². The molecule has 1 unspecified atom stereocenters. The second-order valence-electron chi connectivity index (χ2n) is 9.29. The quantitative estimate of drug-likeness (QED) is 0.159. The fraction of sp³-hybridized carbons (Fsp3) is 0.577. The van der Waals surface area contributed by atoms with Crippen LogP contribution in [0.5, 0.6) is 0 Å². The molecule has 1 aliphatic carbocycles. The van der Waals surface area contributed by atoms with Crippen LogP contribution >= 0.6 is 0 Å². The van der Waals surface area contributed by atoms with E-state index in [-0.39, 0.29) is 35.4 Å². The number of epoxide rings is 2. The van der Waals surface area contributed by atoms with Gasteiger partial charge in [-0.25, -0.2) is 4.79 Å². The highest BCUT2D eigenvalue weighted by molar-refractivity contribution is 5.80. The van der Waals surface area contributed by atoms with Gasteiger partial charge in [0.05, 0.1) is 36.4 Å². The van der Waals surface area contributed by atoms with Crippen LogP contribution in [0.15, 0.2) is 60.3 Å². The first-order valence-corrected chi connectivity index (χ1v) is 11.4. The zero-order chi connectivity index (χ0) is 24.1. The van der Waals surface area contributed by atoms with E-state index in [4.69, 9.17) is 24.1 Å². The number of aliphatic hydroxyl groups excluding tert-OH is 1. The Kier molecular flexibility index (Phi) is 8.48. The van der Waals surface area contributed by atoms with Crippen molar-refractivity contribution in [2.45, 2.75) is 75.8 Å². The van der Waals surface area contributed by atoms with Gasteiger partial charge in [0.15, 0.2) is 6.29 Å². The molecular formula is C26H36O7. The molecule has 0 aromatic carbocycles. The topological polar surface area (TPSA) is 101 Å². The predicted octanol–water partition coefficient (Wildman–Crippen LogP) is 3.71. The summed E-state index contributed by atoms with van der Waals surface area (Å²) in [6, 6.07) is 0. The van der Waals surface area contributed by atoms with E-state index in [1.165, 1.54) is 11.6 Å². The molecule has 7 nitrogen and oxygen atoms in total. The molecule has 2 N–H and O–H groups in total. The van der Waals surface area contributed by atoms with E-state index in [1.807, 2.05) is 0 Å². The lowest BCUT2D eigenvalue weighted by Gasteiger charge is -2.43. The predicted molar refractivity (Wildman–Crippen MR) is 125 cm³/mol. The Morgan fingerprint density at radius 1 is 1.18 bits per heavy atom. The van der Waals surface area contributed by atoms with Crippen LogP contribution in [0.25, 0.3) is 0 Å². The number of rotatable bonds is 11. The van der Waals surface area contributed by atoms with Gasteiger partial charge in [0.1, 0.15) is 5.60 Å². The maximum absolute atomic E-state index is 10.4. The van der Waals surface area contributed by atoms with Crippen LogP contribution in [-0.2, 0) is 23.7 Å². The SMILES string of the molecule is CO[C@@H]1[C@H](OC(O)/C=C/C=C/C=C/C=C/C(=O)O)CC[C@]2(CO2)[C@H]1[C@@]1(C)O[C@@H]1CC=C(C)C. The largest absolute Gasteiger partial charge is 0.478 e. The minimum atomic E-state index is -1.07. The summed E-state index contributed by atoms with van der Waals surface area (Å²) >= 11 is 0. The number of carboxylic acids is 1. The molecule has 0 aromatic heterocycles. The maximum atomic E-state index is 10.4. The molecule has 2 heterocycles. The first-order valence-electron chi connectivity index (χ1n) is 11.4. The van der Waals surface area contributed by atoms with Crippen LogP contribution in [-0.4, -0.2) is 65.7 Å². The molecule has 2 aliphatic heterocycles. The highest BCUT2D eigenvalue weighted by atomic mass is 16.6. The minimum absolute atomic E-state index is 0.0318. The van der Waals surface area contributed by atoms with Gasteiger partial charge in [0.25, 0.3) is 0 Å².